The van der Waals surface area contributed by atoms with Gasteiger partial charge >= 0.3 is 0 Å². The van der Waals surface area contributed by atoms with E-state index in [-0.39, 0.29) is 23.0 Å². The van der Waals surface area contributed by atoms with Crippen molar-refractivity contribution >= 4 is 29.2 Å². The summed E-state index contributed by atoms with van der Waals surface area (Å²) in [5.74, 6) is 0.110. The van der Waals surface area contributed by atoms with E-state index in [0.717, 1.165) is 28.6 Å². The molecule has 110 valence electrons. The lowest BCUT2D eigenvalue weighted by Crippen LogP contribution is -2.17. The van der Waals surface area contributed by atoms with Crippen LogP contribution in [0, 0.1) is 13.8 Å². The lowest BCUT2D eigenvalue weighted by Gasteiger charge is -2.11. The van der Waals surface area contributed by atoms with Gasteiger partial charge in [-0.3, -0.25) is 9.59 Å². The van der Waals surface area contributed by atoms with E-state index < -0.39 is 0 Å². The molecular weight excluding hydrogens is 288 g/mol. The van der Waals surface area contributed by atoms with Crippen LogP contribution < -0.4 is 16.6 Å². The number of hydrogen-bond acceptors (Lipinski definition) is 5. The maximum absolute atomic E-state index is 12.0. The number of carbonyl (C=O) groups excluding carboxylic acids is 1. The Balaban J connectivity index is 2.01. The maximum Gasteiger partial charge on any atom is 0.253 e. The highest BCUT2D eigenvalue weighted by atomic mass is 32.2. The predicted molar refractivity (Wildman–Crippen MR) is 84.5 cm³/mol. The molecule has 21 heavy (non-hydrogen) atoms. The molecule has 0 aliphatic rings. The van der Waals surface area contributed by atoms with Crippen molar-refractivity contribution in [3.05, 3.63) is 45.7 Å². The van der Waals surface area contributed by atoms with E-state index >= 15 is 0 Å². The summed E-state index contributed by atoms with van der Waals surface area (Å²) >= 11 is 1.13. The van der Waals surface area contributed by atoms with Crippen LogP contribution in [0.4, 0.5) is 11.5 Å². The number of rotatable bonds is 4. The topological polar surface area (TPSA) is 101 Å². The number of nitrogens with zero attached hydrogens (tertiary/aromatic N) is 1. The minimum Gasteiger partial charge on any atom is -0.383 e. The minimum absolute atomic E-state index is 0.136. The molecule has 1 heterocycles. The Kier molecular flexibility index (Phi) is 4.64. The van der Waals surface area contributed by atoms with Crippen LogP contribution in [0.1, 0.15) is 11.1 Å². The summed E-state index contributed by atoms with van der Waals surface area (Å²) in [4.78, 5) is 29.7. The van der Waals surface area contributed by atoms with E-state index in [1.165, 1.54) is 6.07 Å². The molecule has 0 aliphatic heterocycles. The average molecular weight is 304 g/mol. The summed E-state index contributed by atoms with van der Waals surface area (Å²) in [6.07, 6.45) is 0. The molecule has 1 aromatic heterocycles. The summed E-state index contributed by atoms with van der Waals surface area (Å²) in [6, 6.07) is 7.01. The number of H-pyrrole nitrogens is 1. The molecule has 4 N–H and O–H groups in total. The van der Waals surface area contributed by atoms with Gasteiger partial charge in [-0.25, -0.2) is 4.98 Å². The SMILES string of the molecule is Cc1cccc(C)c1NC(=O)CSc1nc(N)cc(=O)[nH]1. The van der Waals surface area contributed by atoms with Gasteiger partial charge in [-0.15, -0.1) is 0 Å². The van der Waals surface area contributed by atoms with Gasteiger partial charge < -0.3 is 16.0 Å². The number of amides is 1. The van der Waals surface area contributed by atoms with Crippen LogP contribution in [0.25, 0.3) is 0 Å². The van der Waals surface area contributed by atoms with Crippen LogP contribution in [0.3, 0.4) is 0 Å². The molecule has 0 saturated carbocycles. The molecule has 0 radical (unpaired) electrons. The summed E-state index contributed by atoms with van der Waals surface area (Å²) < 4.78 is 0. The number of hydrogen-bond donors (Lipinski definition) is 3. The fourth-order valence-electron chi connectivity index (χ4n) is 1.84. The van der Waals surface area contributed by atoms with Gasteiger partial charge in [0.1, 0.15) is 5.82 Å². The Morgan fingerprint density at radius 1 is 1.38 bits per heavy atom. The highest BCUT2D eigenvalue weighted by Crippen LogP contribution is 2.20. The quantitative estimate of drug-likeness (QED) is 0.589. The van der Waals surface area contributed by atoms with Crippen LogP contribution in [0.2, 0.25) is 0 Å². The van der Waals surface area contributed by atoms with E-state index in [2.05, 4.69) is 15.3 Å². The van der Waals surface area contributed by atoms with Gasteiger partial charge in [0, 0.05) is 11.8 Å². The van der Waals surface area contributed by atoms with Gasteiger partial charge in [-0.05, 0) is 25.0 Å². The number of nitrogens with one attached hydrogen (secondary N) is 2. The van der Waals surface area contributed by atoms with Crippen molar-refractivity contribution in [2.75, 3.05) is 16.8 Å². The third-order valence-corrected chi connectivity index (χ3v) is 3.70. The molecule has 0 unspecified atom stereocenters. The lowest BCUT2D eigenvalue weighted by molar-refractivity contribution is -0.113. The van der Waals surface area contributed by atoms with Gasteiger partial charge in [0.05, 0.1) is 5.75 Å². The molecule has 1 aromatic carbocycles. The first-order chi connectivity index (χ1) is 9.95. The second kappa shape index (κ2) is 6.45. The molecule has 0 atom stereocenters. The number of anilines is 2. The van der Waals surface area contributed by atoms with Gasteiger partial charge in [0.2, 0.25) is 5.91 Å². The van der Waals surface area contributed by atoms with E-state index in [0.29, 0.717) is 5.16 Å². The Hall–Kier alpha value is -2.28. The van der Waals surface area contributed by atoms with E-state index in [1.54, 1.807) is 0 Å². The number of thioether (sulfide) groups is 1. The number of aromatic nitrogens is 2. The minimum atomic E-state index is -0.333. The monoisotopic (exact) mass is 304 g/mol. The molecule has 7 heteroatoms. The Bertz CT molecular complexity index is 707. The fourth-order valence-corrected chi connectivity index (χ4v) is 2.53. The van der Waals surface area contributed by atoms with E-state index in [4.69, 9.17) is 5.73 Å². The molecule has 0 saturated heterocycles. The summed E-state index contributed by atoms with van der Waals surface area (Å²) in [6.45, 7) is 3.87. The average Bonchev–Trinajstić information content (AvgIpc) is 2.40. The van der Waals surface area contributed by atoms with Crippen molar-refractivity contribution in [3.8, 4) is 0 Å². The Morgan fingerprint density at radius 3 is 2.67 bits per heavy atom. The first-order valence-corrected chi connectivity index (χ1v) is 7.30. The zero-order valence-electron chi connectivity index (χ0n) is 11.8. The lowest BCUT2D eigenvalue weighted by atomic mass is 10.1. The van der Waals surface area contributed by atoms with Crippen LogP contribution in [-0.2, 0) is 4.79 Å². The highest BCUT2D eigenvalue weighted by molar-refractivity contribution is 7.99. The number of aryl methyl sites for hydroxylation is 2. The van der Waals surface area contributed by atoms with Crippen molar-refractivity contribution in [2.45, 2.75) is 19.0 Å². The zero-order chi connectivity index (χ0) is 15.4. The Labute approximate surface area is 126 Å². The second-order valence-electron chi connectivity index (χ2n) is 4.58. The molecular formula is C14H16N4O2S. The third kappa shape index (κ3) is 4.09. The smallest absolute Gasteiger partial charge is 0.253 e. The van der Waals surface area contributed by atoms with Crippen molar-refractivity contribution in [1.82, 2.24) is 9.97 Å². The number of carbonyl (C=O) groups is 1. The molecule has 2 aromatic rings. The first kappa shape index (κ1) is 15.1. The molecule has 2 rings (SSSR count). The number of aromatic amines is 1. The van der Waals surface area contributed by atoms with Crippen LogP contribution in [0.15, 0.2) is 34.2 Å². The van der Waals surface area contributed by atoms with Gasteiger partial charge in [0.15, 0.2) is 5.16 Å². The molecule has 1 amide bonds. The fraction of sp³-hybridized carbons (Fsp3) is 0.214. The van der Waals surface area contributed by atoms with Crippen LogP contribution in [-0.4, -0.2) is 21.6 Å². The van der Waals surface area contributed by atoms with Crippen molar-refractivity contribution in [1.29, 1.82) is 0 Å². The highest BCUT2D eigenvalue weighted by Gasteiger charge is 2.09. The summed E-state index contributed by atoms with van der Waals surface area (Å²) in [5.41, 5.74) is 7.97. The molecule has 0 aliphatic carbocycles. The zero-order valence-corrected chi connectivity index (χ0v) is 12.6. The standard InChI is InChI=1S/C14H16N4O2S/c1-8-4-3-5-9(2)13(8)17-12(20)7-21-14-16-10(15)6-11(19)18-14/h3-6H,7H2,1-2H3,(H,17,20)(H3,15,16,18,19). The number of benzene rings is 1. The number of nitrogens with two attached hydrogens (primary N) is 1. The third-order valence-electron chi connectivity index (χ3n) is 2.83. The van der Waals surface area contributed by atoms with Crippen molar-refractivity contribution < 1.29 is 4.79 Å². The van der Waals surface area contributed by atoms with Gasteiger partial charge in [-0.2, -0.15) is 0 Å². The molecule has 6 nitrogen and oxygen atoms in total. The summed E-state index contributed by atoms with van der Waals surface area (Å²) in [5, 5.41) is 3.20. The largest absolute Gasteiger partial charge is 0.383 e. The van der Waals surface area contributed by atoms with Gasteiger partial charge in [0.25, 0.3) is 5.56 Å². The van der Waals surface area contributed by atoms with Crippen molar-refractivity contribution in [3.63, 3.8) is 0 Å². The van der Waals surface area contributed by atoms with E-state index in [1.807, 2.05) is 32.0 Å². The molecule has 0 spiro atoms. The second-order valence-corrected chi connectivity index (χ2v) is 5.54. The summed E-state index contributed by atoms with van der Waals surface area (Å²) in [7, 11) is 0. The molecule has 0 fully saturated rings. The van der Waals surface area contributed by atoms with Crippen LogP contribution in [0.5, 0.6) is 0 Å². The van der Waals surface area contributed by atoms with Crippen molar-refractivity contribution in [2.24, 2.45) is 0 Å². The maximum atomic E-state index is 12.0. The normalized spacial score (nSPS) is 10.4. The Morgan fingerprint density at radius 2 is 2.05 bits per heavy atom. The number of nitrogen functional groups attached to an aromatic ring is 1. The number of para-hydroxylation sites is 1. The van der Waals surface area contributed by atoms with E-state index in [9.17, 15) is 9.59 Å². The first-order valence-electron chi connectivity index (χ1n) is 6.31. The predicted octanol–water partition coefficient (Wildman–Crippen LogP) is 1.70. The van der Waals surface area contributed by atoms with Gasteiger partial charge in [-0.1, -0.05) is 30.0 Å². The molecule has 0 bridgehead atoms. The van der Waals surface area contributed by atoms with Crippen LogP contribution >= 0.6 is 11.8 Å².